The van der Waals surface area contributed by atoms with Crippen LogP contribution in [0.1, 0.15) is 12.5 Å². The van der Waals surface area contributed by atoms with Crippen molar-refractivity contribution in [1.82, 2.24) is 6.15 Å². The molecule has 0 aliphatic carbocycles. The van der Waals surface area contributed by atoms with Crippen LogP contribution in [0.25, 0.3) is 0 Å². The number of benzene rings is 1. The number of nitrogens with zero attached hydrogens (tertiary/aromatic N) is 1. The molecule has 63 valence electrons. The Balaban J connectivity index is 0.00000121. The van der Waals surface area contributed by atoms with E-state index in [9.17, 15) is 4.79 Å². The molecule has 12 heavy (non-hydrogen) atoms. The maximum Gasteiger partial charge on any atom is 0.134 e. The fraction of sp³-hybridized carbons (Fsp3) is 0.222. The fourth-order valence-corrected chi connectivity index (χ4v) is 1.38. The molecule has 2 nitrogen and oxygen atoms in total. The van der Waals surface area contributed by atoms with E-state index in [0.29, 0.717) is 6.42 Å². The van der Waals surface area contributed by atoms with Gasteiger partial charge in [-0.1, -0.05) is 28.1 Å². The maximum absolute atomic E-state index is 10.7. The van der Waals surface area contributed by atoms with Crippen LogP contribution in [-0.4, -0.2) is 5.78 Å². The van der Waals surface area contributed by atoms with Crippen LogP contribution in [0, 0.1) is 0 Å². The molecule has 1 rings (SSSR count). The first-order valence-corrected chi connectivity index (χ1v) is 4.21. The second kappa shape index (κ2) is 5.06. The lowest BCUT2D eigenvalue weighted by Crippen LogP contribution is -1.95. The standard InChI is InChI=1S/C9H9BrO.N/c1-7(11)5-8-3-2-4-9(10)6-8;/h2-4,6H,5H2,1H3;. The summed E-state index contributed by atoms with van der Waals surface area (Å²) in [6.45, 7) is 1.60. The van der Waals surface area contributed by atoms with E-state index >= 15 is 0 Å². The van der Waals surface area contributed by atoms with Gasteiger partial charge in [0.15, 0.2) is 0 Å². The maximum atomic E-state index is 10.7. The van der Waals surface area contributed by atoms with Crippen molar-refractivity contribution in [1.29, 1.82) is 0 Å². The summed E-state index contributed by atoms with van der Waals surface area (Å²) in [6, 6.07) is 7.79. The van der Waals surface area contributed by atoms with Gasteiger partial charge in [0.05, 0.1) is 0 Å². The van der Waals surface area contributed by atoms with Gasteiger partial charge in [-0.2, -0.15) is 0 Å². The zero-order valence-electron chi connectivity index (χ0n) is 6.75. The molecule has 0 N–H and O–H groups in total. The first kappa shape index (κ1) is 11.3. The number of carbonyl (C=O) groups is 1. The molecular formula is C9H9BrNO. The Morgan fingerprint density at radius 1 is 1.50 bits per heavy atom. The Hall–Kier alpha value is -0.670. The summed E-state index contributed by atoms with van der Waals surface area (Å²) in [5.74, 6) is 0.197. The molecule has 3 radical (unpaired) electrons. The van der Waals surface area contributed by atoms with Crippen molar-refractivity contribution >= 4 is 21.7 Å². The van der Waals surface area contributed by atoms with Gasteiger partial charge in [-0.25, -0.2) is 0 Å². The minimum Gasteiger partial charge on any atom is -0.300 e. The third-order valence-corrected chi connectivity index (χ3v) is 1.84. The zero-order chi connectivity index (χ0) is 8.27. The second-order valence-corrected chi connectivity index (χ2v) is 3.42. The van der Waals surface area contributed by atoms with E-state index in [2.05, 4.69) is 15.9 Å². The van der Waals surface area contributed by atoms with Crippen molar-refractivity contribution in [2.75, 3.05) is 0 Å². The summed E-state index contributed by atoms with van der Waals surface area (Å²) in [5, 5.41) is 0. The lowest BCUT2D eigenvalue weighted by atomic mass is 10.1. The first-order chi connectivity index (χ1) is 5.18. The molecule has 3 heteroatoms. The van der Waals surface area contributed by atoms with Gasteiger partial charge < -0.3 is 0 Å². The van der Waals surface area contributed by atoms with Crippen LogP contribution in [0.2, 0.25) is 0 Å². The number of Topliss-reactive ketones (excluding diaryl/α,β-unsaturated/α-hetero) is 1. The van der Waals surface area contributed by atoms with Gasteiger partial charge in [-0.3, -0.25) is 4.79 Å². The quantitative estimate of drug-likeness (QED) is 0.763. The minimum atomic E-state index is 0. The molecule has 0 saturated heterocycles. The highest BCUT2D eigenvalue weighted by molar-refractivity contribution is 9.10. The van der Waals surface area contributed by atoms with Gasteiger partial charge in [-0.15, -0.1) is 0 Å². The molecule has 0 unspecified atom stereocenters. The highest BCUT2D eigenvalue weighted by atomic mass is 79.9. The van der Waals surface area contributed by atoms with Crippen molar-refractivity contribution in [2.24, 2.45) is 0 Å². The lowest BCUT2D eigenvalue weighted by molar-refractivity contribution is -0.116. The van der Waals surface area contributed by atoms with Crippen molar-refractivity contribution in [3.8, 4) is 0 Å². The first-order valence-electron chi connectivity index (χ1n) is 3.42. The van der Waals surface area contributed by atoms with E-state index in [0.717, 1.165) is 10.0 Å². The molecule has 0 saturated carbocycles. The van der Waals surface area contributed by atoms with Crippen molar-refractivity contribution < 1.29 is 4.79 Å². The number of ketones is 1. The summed E-state index contributed by atoms with van der Waals surface area (Å²) in [4.78, 5) is 10.7. The van der Waals surface area contributed by atoms with E-state index in [4.69, 9.17) is 0 Å². The highest BCUT2D eigenvalue weighted by Gasteiger charge is 1.96. The average molecular weight is 227 g/mol. The molecule has 1 aromatic carbocycles. The van der Waals surface area contributed by atoms with E-state index in [-0.39, 0.29) is 11.9 Å². The second-order valence-electron chi connectivity index (χ2n) is 2.51. The van der Waals surface area contributed by atoms with Gasteiger partial charge in [0, 0.05) is 17.0 Å². The molecule has 0 amide bonds. The van der Waals surface area contributed by atoms with Crippen molar-refractivity contribution in [2.45, 2.75) is 13.3 Å². The molecule has 0 aromatic heterocycles. The fourth-order valence-electron chi connectivity index (χ4n) is 0.934. The van der Waals surface area contributed by atoms with E-state index in [1.807, 2.05) is 24.3 Å². The Morgan fingerprint density at radius 2 is 2.17 bits per heavy atom. The number of rotatable bonds is 2. The summed E-state index contributed by atoms with van der Waals surface area (Å²) >= 11 is 3.34. The Labute approximate surface area is 80.7 Å². The monoisotopic (exact) mass is 226 g/mol. The van der Waals surface area contributed by atoms with Crippen molar-refractivity contribution in [3.05, 3.63) is 34.3 Å². The predicted octanol–water partition coefficient (Wildman–Crippen LogP) is 2.10. The molecular weight excluding hydrogens is 218 g/mol. The third kappa shape index (κ3) is 3.64. The van der Waals surface area contributed by atoms with Gasteiger partial charge in [0.1, 0.15) is 5.78 Å². The zero-order valence-corrected chi connectivity index (χ0v) is 8.34. The van der Waals surface area contributed by atoms with E-state index < -0.39 is 0 Å². The van der Waals surface area contributed by atoms with Crippen LogP contribution < -0.4 is 6.15 Å². The average Bonchev–Trinajstić information content (AvgIpc) is 1.85. The summed E-state index contributed by atoms with van der Waals surface area (Å²) in [6.07, 6.45) is 0.527. The Morgan fingerprint density at radius 3 is 2.67 bits per heavy atom. The van der Waals surface area contributed by atoms with Crippen LogP contribution in [0.15, 0.2) is 28.7 Å². The van der Waals surface area contributed by atoms with Crippen LogP contribution >= 0.6 is 15.9 Å². The molecule has 0 aliphatic heterocycles. The van der Waals surface area contributed by atoms with Crippen LogP contribution in [-0.2, 0) is 11.2 Å². The lowest BCUT2D eigenvalue weighted by Gasteiger charge is -1.96. The summed E-state index contributed by atoms with van der Waals surface area (Å²) in [5.41, 5.74) is 1.06. The van der Waals surface area contributed by atoms with Crippen LogP contribution in [0.5, 0.6) is 0 Å². The normalized spacial score (nSPS) is 8.83. The third-order valence-electron chi connectivity index (χ3n) is 1.34. The largest absolute Gasteiger partial charge is 0.300 e. The topological polar surface area (TPSA) is 47.6 Å². The molecule has 0 spiro atoms. The Kier molecular flexibility index (Phi) is 4.78. The molecule has 0 heterocycles. The number of carbonyl (C=O) groups excluding carboxylic acids is 1. The molecule has 1 aromatic rings. The minimum absolute atomic E-state index is 0. The van der Waals surface area contributed by atoms with Gasteiger partial charge in [0.2, 0.25) is 0 Å². The molecule has 0 aliphatic rings. The van der Waals surface area contributed by atoms with Crippen molar-refractivity contribution in [3.63, 3.8) is 0 Å². The summed E-state index contributed by atoms with van der Waals surface area (Å²) < 4.78 is 1.02. The van der Waals surface area contributed by atoms with Crippen LogP contribution in [0.4, 0.5) is 0 Å². The number of hydrogen-bond acceptors (Lipinski definition) is 1. The molecule has 0 atom stereocenters. The number of hydrogen-bond donors (Lipinski definition) is 0. The Bertz CT molecular complexity index is 273. The highest BCUT2D eigenvalue weighted by Crippen LogP contribution is 2.11. The van der Waals surface area contributed by atoms with Gasteiger partial charge in [-0.05, 0) is 24.6 Å². The molecule has 0 bridgehead atoms. The van der Waals surface area contributed by atoms with Gasteiger partial charge in [0.25, 0.3) is 0 Å². The van der Waals surface area contributed by atoms with Gasteiger partial charge >= 0.3 is 0 Å². The predicted molar refractivity (Wildman–Crippen MR) is 50.7 cm³/mol. The smallest absolute Gasteiger partial charge is 0.134 e. The molecule has 0 fully saturated rings. The van der Waals surface area contributed by atoms with Crippen LogP contribution in [0.3, 0.4) is 0 Å². The SMILES string of the molecule is CC(=O)Cc1cccc(Br)c1.[N]. The van der Waals surface area contributed by atoms with E-state index in [1.165, 1.54) is 0 Å². The summed E-state index contributed by atoms with van der Waals surface area (Å²) in [7, 11) is 0. The number of halogens is 1. The van der Waals surface area contributed by atoms with E-state index in [1.54, 1.807) is 6.92 Å².